The van der Waals surface area contributed by atoms with E-state index in [1.807, 2.05) is 42.5 Å². The van der Waals surface area contributed by atoms with Crippen molar-refractivity contribution < 1.29 is 9.53 Å². The van der Waals surface area contributed by atoms with Gasteiger partial charge in [-0.3, -0.25) is 4.79 Å². The van der Waals surface area contributed by atoms with Gasteiger partial charge in [0.2, 0.25) is 0 Å². The third-order valence-electron chi connectivity index (χ3n) is 4.24. The molecule has 2 aromatic carbocycles. The summed E-state index contributed by atoms with van der Waals surface area (Å²) in [6.07, 6.45) is 5.02. The average Bonchev–Trinajstić information content (AvgIpc) is 3.29. The number of ether oxygens (including phenoxy) is 1. The SMILES string of the molecule is COC(=O)[C@]1(c2ccc(I)cc2)C[C@H]1/C=C/c1ccccc1. The number of halogens is 1. The van der Waals surface area contributed by atoms with Crippen molar-refractivity contribution in [3.05, 3.63) is 75.4 Å². The van der Waals surface area contributed by atoms with Gasteiger partial charge >= 0.3 is 5.97 Å². The molecular weight excluding hydrogens is 387 g/mol. The van der Waals surface area contributed by atoms with Crippen LogP contribution in [0.2, 0.25) is 0 Å². The fourth-order valence-corrected chi connectivity index (χ4v) is 3.29. The van der Waals surface area contributed by atoms with Crippen LogP contribution in [-0.4, -0.2) is 13.1 Å². The van der Waals surface area contributed by atoms with Crippen molar-refractivity contribution in [2.24, 2.45) is 5.92 Å². The highest BCUT2D eigenvalue weighted by atomic mass is 127. The monoisotopic (exact) mass is 404 g/mol. The number of methoxy groups -OCH3 is 1. The van der Waals surface area contributed by atoms with E-state index in [0.29, 0.717) is 0 Å². The molecule has 0 unspecified atom stereocenters. The number of benzene rings is 2. The maximum Gasteiger partial charge on any atom is 0.316 e. The average molecular weight is 404 g/mol. The van der Waals surface area contributed by atoms with Crippen molar-refractivity contribution in [2.75, 3.05) is 7.11 Å². The summed E-state index contributed by atoms with van der Waals surface area (Å²) in [5.41, 5.74) is 1.68. The van der Waals surface area contributed by atoms with Gasteiger partial charge in [-0.25, -0.2) is 0 Å². The number of carbonyl (C=O) groups excluding carboxylic acids is 1. The minimum Gasteiger partial charge on any atom is -0.468 e. The largest absolute Gasteiger partial charge is 0.468 e. The Morgan fingerprint density at radius 3 is 2.50 bits per heavy atom. The van der Waals surface area contributed by atoms with Crippen molar-refractivity contribution in [3.63, 3.8) is 0 Å². The Labute approximate surface area is 144 Å². The van der Waals surface area contributed by atoms with E-state index in [-0.39, 0.29) is 11.9 Å². The second-order valence-corrected chi connectivity index (χ2v) is 6.80. The number of hydrogen-bond donors (Lipinski definition) is 0. The molecule has 0 saturated heterocycles. The molecule has 112 valence electrons. The number of rotatable bonds is 4. The van der Waals surface area contributed by atoms with E-state index in [0.717, 1.165) is 17.5 Å². The van der Waals surface area contributed by atoms with Gasteiger partial charge in [-0.2, -0.15) is 0 Å². The van der Waals surface area contributed by atoms with Gasteiger partial charge < -0.3 is 4.74 Å². The standard InChI is InChI=1S/C19H17IO2/c1-22-18(21)19(15-9-11-17(20)12-10-15)13-16(19)8-7-14-5-3-2-4-6-14/h2-12,16H,13H2,1H3/b8-7+/t16-,19+/m1/s1. The van der Waals surface area contributed by atoms with Crippen LogP contribution >= 0.6 is 22.6 Å². The van der Waals surface area contributed by atoms with E-state index < -0.39 is 5.41 Å². The van der Waals surface area contributed by atoms with E-state index in [1.54, 1.807) is 0 Å². The van der Waals surface area contributed by atoms with Gasteiger partial charge in [0.25, 0.3) is 0 Å². The maximum absolute atomic E-state index is 12.3. The molecule has 2 atom stereocenters. The first-order chi connectivity index (χ1) is 10.7. The minimum atomic E-state index is -0.510. The Hall–Kier alpha value is -1.62. The molecule has 0 aromatic heterocycles. The molecule has 1 aliphatic rings. The molecule has 3 heteroatoms. The molecule has 1 fully saturated rings. The van der Waals surface area contributed by atoms with Crippen LogP contribution in [0.3, 0.4) is 0 Å². The molecule has 1 saturated carbocycles. The van der Waals surface area contributed by atoms with Gasteiger partial charge in [0, 0.05) is 3.57 Å². The molecule has 22 heavy (non-hydrogen) atoms. The Morgan fingerprint density at radius 1 is 1.18 bits per heavy atom. The highest BCUT2D eigenvalue weighted by Crippen LogP contribution is 2.56. The van der Waals surface area contributed by atoms with Crippen LogP contribution in [0.1, 0.15) is 17.5 Å². The number of hydrogen-bond acceptors (Lipinski definition) is 2. The van der Waals surface area contributed by atoms with Crippen molar-refractivity contribution in [2.45, 2.75) is 11.8 Å². The van der Waals surface area contributed by atoms with Crippen LogP contribution in [-0.2, 0) is 14.9 Å². The third kappa shape index (κ3) is 2.82. The van der Waals surface area contributed by atoms with Crippen LogP contribution in [0, 0.1) is 9.49 Å². The zero-order valence-electron chi connectivity index (χ0n) is 12.3. The minimum absolute atomic E-state index is 0.142. The number of allylic oxidation sites excluding steroid dienone is 1. The van der Waals surface area contributed by atoms with E-state index in [1.165, 1.54) is 10.7 Å². The third-order valence-corrected chi connectivity index (χ3v) is 4.96. The molecule has 2 aromatic rings. The molecule has 0 N–H and O–H groups in total. The Morgan fingerprint density at radius 2 is 1.86 bits per heavy atom. The Balaban J connectivity index is 1.86. The lowest BCUT2D eigenvalue weighted by atomic mass is 9.93. The fourth-order valence-electron chi connectivity index (χ4n) is 2.93. The second-order valence-electron chi connectivity index (χ2n) is 5.55. The normalized spacial score (nSPS) is 23.5. The van der Waals surface area contributed by atoms with Crippen molar-refractivity contribution in [1.82, 2.24) is 0 Å². The van der Waals surface area contributed by atoms with E-state index in [2.05, 4.69) is 46.9 Å². The van der Waals surface area contributed by atoms with Crippen LogP contribution in [0.4, 0.5) is 0 Å². The summed E-state index contributed by atoms with van der Waals surface area (Å²) in [6, 6.07) is 18.3. The Bertz CT molecular complexity index is 691. The zero-order valence-corrected chi connectivity index (χ0v) is 14.5. The first-order valence-corrected chi connectivity index (χ1v) is 8.32. The molecular formula is C19H17IO2. The first-order valence-electron chi connectivity index (χ1n) is 7.24. The van der Waals surface area contributed by atoms with Gasteiger partial charge in [-0.15, -0.1) is 0 Å². The van der Waals surface area contributed by atoms with Gasteiger partial charge in [-0.05, 0) is 58.2 Å². The van der Waals surface area contributed by atoms with Gasteiger partial charge in [0.1, 0.15) is 0 Å². The Kier molecular flexibility index (Phi) is 4.34. The summed E-state index contributed by atoms with van der Waals surface area (Å²) >= 11 is 2.27. The predicted molar refractivity (Wildman–Crippen MR) is 96.4 cm³/mol. The summed E-state index contributed by atoms with van der Waals surface area (Å²) in [6.45, 7) is 0. The summed E-state index contributed by atoms with van der Waals surface area (Å²) in [5, 5.41) is 0. The molecule has 0 radical (unpaired) electrons. The topological polar surface area (TPSA) is 26.3 Å². The second kappa shape index (κ2) is 6.24. The summed E-state index contributed by atoms with van der Waals surface area (Å²) in [5.74, 6) is 0.0524. The summed E-state index contributed by atoms with van der Waals surface area (Å²) in [7, 11) is 1.47. The molecule has 0 bridgehead atoms. The lowest BCUT2D eigenvalue weighted by Gasteiger charge is -2.14. The maximum atomic E-state index is 12.3. The first kappa shape index (κ1) is 15.3. The molecule has 0 heterocycles. The van der Waals surface area contributed by atoms with Gasteiger partial charge in [-0.1, -0.05) is 54.6 Å². The van der Waals surface area contributed by atoms with Crippen LogP contribution in [0.25, 0.3) is 6.08 Å². The molecule has 0 spiro atoms. The van der Waals surface area contributed by atoms with Crippen LogP contribution in [0.15, 0.2) is 60.7 Å². The number of carbonyl (C=O) groups is 1. The van der Waals surface area contributed by atoms with E-state index >= 15 is 0 Å². The highest BCUT2D eigenvalue weighted by Gasteiger charge is 2.60. The molecule has 0 amide bonds. The summed E-state index contributed by atoms with van der Waals surface area (Å²) < 4.78 is 6.23. The molecule has 1 aliphatic carbocycles. The molecule has 2 nitrogen and oxygen atoms in total. The van der Waals surface area contributed by atoms with Crippen molar-refractivity contribution in [1.29, 1.82) is 0 Å². The van der Waals surface area contributed by atoms with Crippen molar-refractivity contribution >= 4 is 34.6 Å². The lowest BCUT2D eigenvalue weighted by molar-refractivity contribution is -0.144. The number of esters is 1. The molecule has 3 rings (SSSR count). The van der Waals surface area contributed by atoms with E-state index in [4.69, 9.17) is 4.74 Å². The van der Waals surface area contributed by atoms with Gasteiger partial charge in [0.05, 0.1) is 12.5 Å². The van der Waals surface area contributed by atoms with Crippen LogP contribution in [0.5, 0.6) is 0 Å². The fraction of sp³-hybridized carbons (Fsp3) is 0.211. The van der Waals surface area contributed by atoms with E-state index in [9.17, 15) is 4.79 Å². The van der Waals surface area contributed by atoms with Crippen LogP contribution < -0.4 is 0 Å². The summed E-state index contributed by atoms with van der Waals surface area (Å²) in [4.78, 5) is 12.3. The quantitative estimate of drug-likeness (QED) is 0.557. The zero-order chi connectivity index (χ0) is 15.6. The van der Waals surface area contributed by atoms with Gasteiger partial charge in [0.15, 0.2) is 0 Å². The molecule has 0 aliphatic heterocycles. The highest BCUT2D eigenvalue weighted by molar-refractivity contribution is 14.1. The smallest absolute Gasteiger partial charge is 0.316 e. The predicted octanol–water partition coefficient (Wildman–Crippen LogP) is 4.44. The lowest BCUT2D eigenvalue weighted by Crippen LogP contribution is -2.24. The van der Waals surface area contributed by atoms with Crippen molar-refractivity contribution in [3.8, 4) is 0 Å².